The molecule has 9 heteroatoms. The summed E-state index contributed by atoms with van der Waals surface area (Å²) in [5.74, 6) is -0.205. The lowest BCUT2D eigenvalue weighted by atomic mass is 10.0. The van der Waals surface area contributed by atoms with Crippen LogP contribution in [0.2, 0.25) is 0 Å². The molecule has 0 saturated carbocycles. The highest BCUT2D eigenvalue weighted by Crippen LogP contribution is 2.25. The number of amides is 1. The largest absolute Gasteiger partial charge is 0.401 e. The number of nitrogens with one attached hydrogen (secondary N) is 1. The Morgan fingerprint density at radius 1 is 1.29 bits per heavy atom. The molecule has 0 aliphatic heterocycles. The number of aliphatic imine (C=N–C) groups is 1. The zero-order valence-corrected chi connectivity index (χ0v) is 15.6. The van der Waals surface area contributed by atoms with Gasteiger partial charge in [0, 0.05) is 42.2 Å². The lowest BCUT2D eigenvalue weighted by molar-refractivity contribution is 0.0957. The van der Waals surface area contributed by atoms with Gasteiger partial charge in [-0.1, -0.05) is 12.1 Å². The number of aryl methyl sites for hydroxylation is 1. The second-order valence-corrected chi connectivity index (χ2v) is 6.23. The fourth-order valence-corrected chi connectivity index (χ4v) is 2.71. The molecule has 0 atom stereocenters. The number of aromatic nitrogens is 3. The Morgan fingerprint density at radius 3 is 2.75 bits per heavy atom. The number of benzene rings is 1. The molecule has 0 unspecified atom stereocenters. The van der Waals surface area contributed by atoms with E-state index < -0.39 is 0 Å². The molecule has 0 radical (unpaired) electrons. The minimum Gasteiger partial charge on any atom is -0.401 e. The number of nitrogen functional groups attached to an aromatic ring is 1. The molecule has 0 bridgehead atoms. The predicted molar refractivity (Wildman–Crippen MR) is 107 cm³/mol. The van der Waals surface area contributed by atoms with Crippen molar-refractivity contribution in [2.24, 2.45) is 10.7 Å². The maximum atomic E-state index is 12.2. The number of carbonyl (C=O) groups is 1. The molecule has 3 rings (SSSR count). The van der Waals surface area contributed by atoms with Gasteiger partial charge >= 0.3 is 0 Å². The first-order valence-corrected chi connectivity index (χ1v) is 8.60. The number of anilines is 1. The van der Waals surface area contributed by atoms with Crippen molar-refractivity contribution in [3.63, 3.8) is 0 Å². The SMILES string of the molecule is CN=CC=C(N)CNC(=O)c1ccc(Cc2c(C)nc3nonc3c2N)cc1. The highest BCUT2D eigenvalue weighted by Gasteiger charge is 2.15. The van der Waals surface area contributed by atoms with Crippen molar-refractivity contribution in [1.82, 2.24) is 20.6 Å². The Balaban J connectivity index is 1.70. The fraction of sp³-hybridized carbons (Fsp3) is 0.211. The zero-order valence-electron chi connectivity index (χ0n) is 15.6. The lowest BCUT2D eigenvalue weighted by Crippen LogP contribution is -2.27. The molecule has 1 aromatic carbocycles. The second kappa shape index (κ2) is 8.30. The van der Waals surface area contributed by atoms with Crippen LogP contribution >= 0.6 is 0 Å². The van der Waals surface area contributed by atoms with E-state index in [0.29, 0.717) is 34.5 Å². The van der Waals surface area contributed by atoms with Crippen LogP contribution in [-0.2, 0) is 6.42 Å². The summed E-state index contributed by atoms with van der Waals surface area (Å²) >= 11 is 0. The van der Waals surface area contributed by atoms with Crippen molar-refractivity contribution in [3.05, 3.63) is 58.4 Å². The van der Waals surface area contributed by atoms with Gasteiger partial charge in [-0.15, -0.1) is 0 Å². The van der Waals surface area contributed by atoms with Crippen molar-refractivity contribution in [2.75, 3.05) is 19.3 Å². The summed E-state index contributed by atoms with van der Waals surface area (Å²) in [5.41, 5.74) is 17.0. The van der Waals surface area contributed by atoms with E-state index in [0.717, 1.165) is 16.8 Å². The van der Waals surface area contributed by atoms with E-state index in [2.05, 4.69) is 25.6 Å². The van der Waals surface area contributed by atoms with Crippen molar-refractivity contribution in [1.29, 1.82) is 0 Å². The van der Waals surface area contributed by atoms with Gasteiger partial charge in [-0.3, -0.25) is 9.79 Å². The third-order valence-corrected chi connectivity index (χ3v) is 4.25. The Labute approximate surface area is 161 Å². The van der Waals surface area contributed by atoms with Crippen molar-refractivity contribution >= 4 is 29.0 Å². The molecular formula is C19H21N7O2. The van der Waals surface area contributed by atoms with Crippen LogP contribution in [0, 0.1) is 6.92 Å². The van der Waals surface area contributed by atoms with Gasteiger partial charge in [-0.25, -0.2) is 9.61 Å². The minimum absolute atomic E-state index is 0.205. The first-order valence-electron chi connectivity index (χ1n) is 8.60. The van der Waals surface area contributed by atoms with Gasteiger partial charge in [-0.05, 0) is 41.0 Å². The molecule has 144 valence electrons. The number of nitrogens with two attached hydrogens (primary N) is 2. The quantitative estimate of drug-likeness (QED) is 0.548. The number of fused-ring (bicyclic) bond motifs is 1. The monoisotopic (exact) mass is 379 g/mol. The van der Waals surface area contributed by atoms with Crippen LogP contribution in [0.4, 0.5) is 5.69 Å². The maximum Gasteiger partial charge on any atom is 0.251 e. The molecule has 9 nitrogen and oxygen atoms in total. The van der Waals surface area contributed by atoms with Crippen molar-refractivity contribution in [3.8, 4) is 0 Å². The molecule has 0 saturated heterocycles. The van der Waals surface area contributed by atoms with Gasteiger partial charge in [0.2, 0.25) is 5.65 Å². The zero-order chi connectivity index (χ0) is 20.1. The molecule has 0 spiro atoms. The van der Waals surface area contributed by atoms with Gasteiger partial charge in [-0.2, -0.15) is 0 Å². The van der Waals surface area contributed by atoms with E-state index >= 15 is 0 Å². The Bertz CT molecular complexity index is 1050. The molecule has 2 heterocycles. The first kappa shape index (κ1) is 19.0. The number of pyridine rings is 1. The van der Waals surface area contributed by atoms with Gasteiger partial charge in [0.15, 0.2) is 5.52 Å². The Hall–Kier alpha value is -3.75. The topological polar surface area (TPSA) is 145 Å². The summed E-state index contributed by atoms with van der Waals surface area (Å²) in [5, 5.41) is 10.3. The van der Waals surface area contributed by atoms with E-state index in [4.69, 9.17) is 16.1 Å². The third kappa shape index (κ3) is 4.14. The molecule has 1 amide bonds. The highest BCUT2D eigenvalue weighted by atomic mass is 16.6. The van der Waals surface area contributed by atoms with Gasteiger partial charge < -0.3 is 16.8 Å². The molecule has 28 heavy (non-hydrogen) atoms. The summed E-state index contributed by atoms with van der Waals surface area (Å²) in [6.45, 7) is 2.11. The summed E-state index contributed by atoms with van der Waals surface area (Å²) in [6, 6.07) is 7.27. The van der Waals surface area contributed by atoms with Crippen LogP contribution in [-0.4, -0.2) is 41.0 Å². The minimum atomic E-state index is -0.205. The van der Waals surface area contributed by atoms with E-state index in [1.807, 2.05) is 19.1 Å². The Morgan fingerprint density at radius 2 is 2.04 bits per heavy atom. The summed E-state index contributed by atoms with van der Waals surface area (Å²) < 4.78 is 4.70. The van der Waals surface area contributed by atoms with Gasteiger partial charge in [0.05, 0.1) is 12.2 Å². The smallest absolute Gasteiger partial charge is 0.251 e. The average Bonchev–Trinajstić information content (AvgIpc) is 3.16. The number of rotatable bonds is 6. The number of hydrogen-bond donors (Lipinski definition) is 3. The van der Waals surface area contributed by atoms with Crippen LogP contribution in [0.5, 0.6) is 0 Å². The number of allylic oxidation sites excluding steroid dienone is 1. The van der Waals surface area contributed by atoms with Crippen LogP contribution < -0.4 is 16.8 Å². The fourth-order valence-electron chi connectivity index (χ4n) is 2.71. The normalized spacial score (nSPS) is 12.0. The second-order valence-electron chi connectivity index (χ2n) is 6.23. The van der Waals surface area contributed by atoms with Crippen LogP contribution in [0.15, 0.2) is 45.7 Å². The van der Waals surface area contributed by atoms with Crippen molar-refractivity contribution < 1.29 is 9.42 Å². The molecule has 0 aliphatic carbocycles. The predicted octanol–water partition coefficient (Wildman–Crippen LogP) is 1.37. The lowest BCUT2D eigenvalue weighted by Gasteiger charge is -2.10. The van der Waals surface area contributed by atoms with Crippen molar-refractivity contribution in [2.45, 2.75) is 13.3 Å². The molecular weight excluding hydrogens is 358 g/mol. The number of carbonyl (C=O) groups excluding carboxylic acids is 1. The third-order valence-electron chi connectivity index (χ3n) is 4.25. The van der Waals surface area contributed by atoms with Crippen LogP contribution in [0.3, 0.4) is 0 Å². The summed E-state index contributed by atoms with van der Waals surface area (Å²) in [4.78, 5) is 20.4. The summed E-state index contributed by atoms with van der Waals surface area (Å²) in [7, 11) is 1.65. The molecule has 3 aromatic rings. The van der Waals surface area contributed by atoms with Crippen LogP contribution in [0.1, 0.15) is 27.2 Å². The van der Waals surface area contributed by atoms with Gasteiger partial charge in [0.1, 0.15) is 0 Å². The molecule has 5 N–H and O–H groups in total. The van der Waals surface area contributed by atoms with E-state index in [-0.39, 0.29) is 12.5 Å². The highest BCUT2D eigenvalue weighted by molar-refractivity contribution is 5.94. The number of nitrogens with zero attached hydrogens (tertiary/aromatic N) is 4. The standard InChI is InChI=1S/C19H21N7O2/c1-11-15(16(21)17-18(24-11)26-28-25-17)9-12-3-5-13(6-4-12)19(27)23-10-14(20)7-8-22-2/h3-8H,9-10,20-21H2,1-2H3,(H,23,27). The molecule has 0 fully saturated rings. The van der Waals surface area contributed by atoms with E-state index in [9.17, 15) is 4.79 Å². The maximum absolute atomic E-state index is 12.2. The van der Waals surface area contributed by atoms with E-state index in [1.165, 1.54) is 0 Å². The van der Waals surface area contributed by atoms with Gasteiger partial charge in [0.25, 0.3) is 5.91 Å². The first-order chi connectivity index (χ1) is 13.5. The number of hydrogen-bond acceptors (Lipinski definition) is 8. The molecule has 0 aliphatic rings. The Kier molecular flexibility index (Phi) is 5.64. The van der Waals surface area contributed by atoms with Crippen LogP contribution in [0.25, 0.3) is 11.2 Å². The summed E-state index contributed by atoms with van der Waals surface area (Å²) in [6.07, 6.45) is 3.78. The van der Waals surface area contributed by atoms with E-state index in [1.54, 1.807) is 31.5 Å². The average molecular weight is 379 g/mol. The molecule has 2 aromatic heterocycles.